The highest BCUT2D eigenvalue weighted by atomic mass is 35.7. The molecule has 0 unspecified atom stereocenters. The van der Waals surface area contributed by atoms with Crippen molar-refractivity contribution in [2.75, 3.05) is 0 Å². The standard InChI is InChI=1S/C7H4ClF3O4S2/c8-17(14,15)6-3-1-2-5(4-6)16(12,13)7(9,10)11/h1-4H. The molecule has 10 heteroatoms. The monoisotopic (exact) mass is 308 g/mol. The Hall–Kier alpha value is -0.800. The van der Waals surface area contributed by atoms with Crippen LogP contribution in [0.25, 0.3) is 0 Å². The van der Waals surface area contributed by atoms with Gasteiger partial charge in [0.25, 0.3) is 18.9 Å². The maximum Gasteiger partial charge on any atom is 0.501 e. The van der Waals surface area contributed by atoms with Crippen LogP contribution in [-0.4, -0.2) is 22.3 Å². The van der Waals surface area contributed by atoms with Gasteiger partial charge in [0, 0.05) is 10.7 Å². The maximum atomic E-state index is 12.2. The zero-order valence-electron chi connectivity index (χ0n) is 7.77. The number of hydrogen-bond acceptors (Lipinski definition) is 4. The van der Waals surface area contributed by atoms with Gasteiger partial charge in [-0.3, -0.25) is 0 Å². The summed E-state index contributed by atoms with van der Waals surface area (Å²) in [5.74, 6) is 0. The average molecular weight is 309 g/mol. The van der Waals surface area contributed by atoms with Gasteiger partial charge in [-0.2, -0.15) is 13.2 Å². The van der Waals surface area contributed by atoms with Crippen LogP contribution in [0.2, 0.25) is 0 Å². The third kappa shape index (κ3) is 2.90. The summed E-state index contributed by atoms with van der Waals surface area (Å²) in [5.41, 5.74) is -5.50. The van der Waals surface area contributed by atoms with Crippen molar-refractivity contribution in [3.63, 3.8) is 0 Å². The quantitative estimate of drug-likeness (QED) is 0.783. The van der Waals surface area contributed by atoms with Crippen LogP contribution in [0, 0.1) is 0 Å². The first-order valence-corrected chi connectivity index (χ1v) is 7.61. The second-order valence-corrected chi connectivity index (χ2v) is 7.37. The summed E-state index contributed by atoms with van der Waals surface area (Å²) in [6.07, 6.45) is 0. The summed E-state index contributed by atoms with van der Waals surface area (Å²) in [6, 6.07) is 2.73. The summed E-state index contributed by atoms with van der Waals surface area (Å²) in [6.45, 7) is 0. The second-order valence-electron chi connectivity index (χ2n) is 2.86. The first-order chi connectivity index (χ1) is 7.46. The lowest BCUT2D eigenvalue weighted by atomic mass is 10.4. The molecule has 96 valence electrons. The van der Waals surface area contributed by atoms with Crippen LogP contribution in [0.3, 0.4) is 0 Å². The van der Waals surface area contributed by atoms with E-state index < -0.39 is 34.2 Å². The topological polar surface area (TPSA) is 68.3 Å². The molecule has 1 rings (SSSR count). The van der Waals surface area contributed by atoms with Crippen LogP contribution >= 0.6 is 10.7 Å². The van der Waals surface area contributed by atoms with Crippen molar-refractivity contribution in [3.8, 4) is 0 Å². The first kappa shape index (κ1) is 14.3. The highest BCUT2D eigenvalue weighted by Gasteiger charge is 2.47. The fraction of sp³-hybridized carbons (Fsp3) is 0.143. The Kier molecular flexibility index (Phi) is 3.48. The van der Waals surface area contributed by atoms with Gasteiger partial charge in [-0.05, 0) is 18.2 Å². The van der Waals surface area contributed by atoms with E-state index in [-0.39, 0.29) is 0 Å². The maximum absolute atomic E-state index is 12.2. The molecule has 0 aliphatic rings. The Morgan fingerprint density at radius 2 is 1.47 bits per heavy atom. The Labute approximate surface area is 99.4 Å². The van der Waals surface area contributed by atoms with Gasteiger partial charge in [0.2, 0.25) is 0 Å². The first-order valence-electron chi connectivity index (χ1n) is 3.82. The van der Waals surface area contributed by atoms with Crippen molar-refractivity contribution in [2.45, 2.75) is 15.3 Å². The van der Waals surface area contributed by atoms with E-state index in [1.165, 1.54) is 0 Å². The summed E-state index contributed by atoms with van der Waals surface area (Å²) in [5, 5.41) is 0. The van der Waals surface area contributed by atoms with E-state index in [2.05, 4.69) is 0 Å². The lowest BCUT2D eigenvalue weighted by Gasteiger charge is -2.08. The fourth-order valence-corrected chi connectivity index (χ4v) is 2.61. The number of rotatable bonds is 2. The van der Waals surface area contributed by atoms with E-state index in [0.29, 0.717) is 12.1 Å². The smallest absolute Gasteiger partial charge is 0.214 e. The summed E-state index contributed by atoms with van der Waals surface area (Å²) >= 11 is 0. The molecule has 0 saturated heterocycles. The average Bonchev–Trinajstić information content (AvgIpc) is 2.15. The van der Waals surface area contributed by atoms with Crippen LogP contribution in [-0.2, 0) is 18.9 Å². The molecule has 17 heavy (non-hydrogen) atoms. The molecule has 4 nitrogen and oxygen atoms in total. The molecule has 0 aliphatic carbocycles. The van der Waals surface area contributed by atoms with Crippen molar-refractivity contribution >= 4 is 29.6 Å². The zero-order valence-corrected chi connectivity index (χ0v) is 10.2. The Morgan fingerprint density at radius 1 is 1.00 bits per heavy atom. The van der Waals surface area contributed by atoms with Gasteiger partial charge < -0.3 is 0 Å². The molecular weight excluding hydrogens is 305 g/mol. The Morgan fingerprint density at radius 3 is 1.88 bits per heavy atom. The van der Waals surface area contributed by atoms with E-state index in [4.69, 9.17) is 10.7 Å². The zero-order chi connectivity index (χ0) is 13.5. The highest BCUT2D eigenvalue weighted by molar-refractivity contribution is 8.13. The summed E-state index contributed by atoms with van der Waals surface area (Å²) < 4.78 is 80.2. The summed E-state index contributed by atoms with van der Waals surface area (Å²) in [7, 11) is -4.98. The minimum atomic E-state index is -5.58. The van der Waals surface area contributed by atoms with E-state index in [1.54, 1.807) is 0 Å². The fourth-order valence-electron chi connectivity index (χ4n) is 0.927. The number of benzene rings is 1. The SMILES string of the molecule is O=S(=O)(Cl)c1cccc(S(=O)(=O)C(F)(F)F)c1. The number of halogens is 4. The molecule has 0 N–H and O–H groups in total. The van der Waals surface area contributed by atoms with E-state index in [1.807, 2.05) is 0 Å². The minimum Gasteiger partial charge on any atom is -0.214 e. The molecule has 0 heterocycles. The van der Waals surface area contributed by atoms with Crippen LogP contribution < -0.4 is 0 Å². The van der Waals surface area contributed by atoms with Crippen molar-refractivity contribution in [2.24, 2.45) is 0 Å². The van der Waals surface area contributed by atoms with Gasteiger partial charge in [0.05, 0.1) is 9.79 Å². The molecule has 0 bridgehead atoms. The van der Waals surface area contributed by atoms with Gasteiger partial charge in [-0.25, -0.2) is 16.8 Å². The third-order valence-electron chi connectivity index (χ3n) is 1.70. The molecule has 0 radical (unpaired) electrons. The molecule has 1 aromatic rings. The Bertz CT molecular complexity index is 633. The van der Waals surface area contributed by atoms with Crippen molar-refractivity contribution in [1.29, 1.82) is 0 Å². The van der Waals surface area contributed by atoms with Crippen LogP contribution in [0.4, 0.5) is 13.2 Å². The van der Waals surface area contributed by atoms with Crippen LogP contribution in [0.15, 0.2) is 34.1 Å². The predicted molar refractivity (Wildman–Crippen MR) is 52.7 cm³/mol. The molecule has 0 fully saturated rings. The molecular formula is C7H4ClF3O4S2. The van der Waals surface area contributed by atoms with Crippen molar-refractivity contribution in [1.82, 2.24) is 0 Å². The van der Waals surface area contributed by atoms with E-state index in [9.17, 15) is 30.0 Å². The van der Waals surface area contributed by atoms with E-state index in [0.717, 1.165) is 12.1 Å². The second kappa shape index (κ2) is 4.14. The van der Waals surface area contributed by atoms with Gasteiger partial charge in [-0.1, -0.05) is 6.07 Å². The number of alkyl halides is 3. The number of sulfone groups is 1. The summed E-state index contributed by atoms with van der Waals surface area (Å²) in [4.78, 5) is -1.89. The van der Waals surface area contributed by atoms with Gasteiger partial charge >= 0.3 is 5.51 Å². The normalized spacial score (nSPS) is 13.6. The molecule has 0 spiro atoms. The van der Waals surface area contributed by atoms with Crippen molar-refractivity contribution < 1.29 is 30.0 Å². The Balaban J connectivity index is 3.47. The van der Waals surface area contributed by atoms with Crippen molar-refractivity contribution in [3.05, 3.63) is 24.3 Å². The lowest BCUT2D eigenvalue weighted by Crippen LogP contribution is -2.23. The molecule has 0 atom stereocenters. The van der Waals surface area contributed by atoms with Gasteiger partial charge in [0.15, 0.2) is 0 Å². The minimum absolute atomic E-state index is 0.352. The molecule has 0 amide bonds. The lowest BCUT2D eigenvalue weighted by molar-refractivity contribution is -0.0436. The van der Waals surface area contributed by atoms with E-state index >= 15 is 0 Å². The van der Waals surface area contributed by atoms with Gasteiger partial charge in [-0.15, -0.1) is 0 Å². The molecule has 0 saturated carbocycles. The largest absolute Gasteiger partial charge is 0.501 e. The van der Waals surface area contributed by atoms with Crippen LogP contribution in [0.1, 0.15) is 0 Å². The molecule has 0 aliphatic heterocycles. The molecule has 0 aromatic heterocycles. The van der Waals surface area contributed by atoms with Crippen LogP contribution in [0.5, 0.6) is 0 Å². The highest BCUT2D eigenvalue weighted by Crippen LogP contribution is 2.31. The van der Waals surface area contributed by atoms with Gasteiger partial charge in [0.1, 0.15) is 0 Å². The molecule has 1 aromatic carbocycles. The number of hydrogen-bond donors (Lipinski definition) is 0. The third-order valence-corrected chi connectivity index (χ3v) is 4.54. The predicted octanol–water partition coefficient (Wildman–Crippen LogP) is 1.91.